The fourth-order valence-corrected chi connectivity index (χ4v) is 5.40. The first-order valence-corrected chi connectivity index (χ1v) is 12.7. The monoisotopic (exact) mass is 512 g/mol. The number of alkyl halides is 1. The Hall–Kier alpha value is -1.21. The van der Waals surface area contributed by atoms with Gasteiger partial charge in [0, 0.05) is 19.1 Å². The van der Waals surface area contributed by atoms with Crippen LogP contribution < -0.4 is 5.32 Å². The second kappa shape index (κ2) is 16.5. The molecule has 0 saturated carbocycles. The molecule has 3 rings (SSSR count). The fraction of sp³-hybridized carbons (Fsp3) is 0.655. The standard InChI is InChI=1S/C28H43ClN2.CH4.3H2O/c1-21(2)27(30-17-6-7-23-10-8-22(3)9-11-23)19-31-18-16-26(28(4,5)20-31)24-12-14-25(29)15-13-24;;;;/h8-14,21,25-27,30H,6-7,15-20H2,1-5H3;1H4;3*1H2/t25?,26-,27+;;;;/m1..../s1. The molecule has 0 radical (unpaired) electrons. The van der Waals surface area contributed by atoms with Crippen LogP contribution in [-0.4, -0.2) is 58.9 Å². The molecule has 204 valence electrons. The van der Waals surface area contributed by atoms with E-state index < -0.39 is 0 Å². The molecule has 35 heavy (non-hydrogen) atoms. The van der Waals surface area contributed by atoms with Crippen molar-refractivity contribution in [1.29, 1.82) is 0 Å². The molecule has 1 aliphatic carbocycles. The highest BCUT2D eigenvalue weighted by molar-refractivity contribution is 6.22. The molecule has 2 aliphatic rings. The second-order valence-corrected chi connectivity index (χ2v) is 11.3. The van der Waals surface area contributed by atoms with E-state index in [1.807, 2.05) is 0 Å². The van der Waals surface area contributed by atoms with Gasteiger partial charge in [0.15, 0.2) is 0 Å². The molecule has 1 aromatic rings. The highest BCUT2D eigenvalue weighted by Gasteiger charge is 2.38. The molecule has 1 aromatic carbocycles. The van der Waals surface area contributed by atoms with Crippen LogP contribution in [0.2, 0.25) is 0 Å². The van der Waals surface area contributed by atoms with Gasteiger partial charge in [-0.05, 0) is 74.1 Å². The third kappa shape index (κ3) is 10.7. The van der Waals surface area contributed by atoms with Crippen molar-refractivity contribution >= 4 is 11.6 Å². The Kier molecular flexibility index (Phi) is 17.0. The molecule has 0 aromatic heterocycles. The molecule has 0 bridgehead atoms. The number of hydrogen-bond donors (Lipinski definition) is 1. The molecular formula is C29H53ClN2O3. The van der Waals surface area contributed by atoms with Crippen LogP contribution in [-0.2, 0) is 6.42 Å². The van der Waals surface area contributed by atoms with Gasteiger partial charge < -0.3 is 26.6 Å². The molecule has 3 atom stereocenters. The number of allylic oxidation sites excluding steroid dienone is 4. The Balaban J connectivity index is 0. The topological polar surface area (TPSA) is 110 Å². The van der Waals surface area contributed by atoms with Crippen LogP contribution in [0.25, 0.3) is 0 Å². The summed E-state index contributed by atoms with van der Waals surface area (Å²) in [6, 6.07) is 9.53. The first-order valence-electron chi connectivity index (χ1n) is 12.3. The Morgan fingerprint density at radius 3 is 2.31 bits per heavy atom. The van der Waals surface area contributed by atoms with Gasteiger partial charge in [0.25, 0.3) is 0 Å². The zero-order chi connectivity index (χ0) is 22.4. The summed E-state index contributed by atoms with van der Waals surface area (Å²) in [6.45, 7) is 16.4. The van der Waals surface area contributed by atoms with Crippen LogP contribution in [0.5, 0.6) is 0 Å². The molecule has 5 nitrogen and oxygen atoms in total. The van der Waals surface area contributed by atoms with Gasteiger partial charge in [-0.15, -0.1) is 11.6 Å². The molecule has 1 unspecified atom stereocenters. The molecule has 0 amide bonds. The summed E-state index contributed by atoms with van der Waals surface area (Å²) in [5.74, 6) is 1.29. The van der Waals surface area contributed by atoms with Crippen LogP contribution in [0.3, 0.4) is 0 Å². The highest BCUT2D eigenvalue weighted by Crippen LogP contribution is 2.41. The van der Waals surface area contributed by atoms with Gasteiger partial charge >= 0.3 is 0 Å². The number of likely N-dealkylation sites (tertiary alicyclic amines) is 1. The first kappa shape index (κ1) is 35.9. The van der Waals surface area contributed by atoms with E-state index in [9.17, 15) is 0 Å². The van der Waals surface area contributed by atoms with Gasteiger partial charge in [-0.2, -0.15) is 0 Å². The van der Waals surface area contributed by atoms with Crippen LogP contribution in [0.1, 0.15) is 65.5 Å². The summed E-state index contributed by atoms with van der Waals surface area (Å²) in [5.41, 5.74) is 4.59. The van der Waals surface area contributed by atoms with Gasteiger partial charge in [0.1, 0.15) is 0 Å². The molecule has 1 fully saturated rings. The maximum Gasteiger partial charge on any atom is 0.0553 e. The fourth-order valence-electron chi connectivity index (χ4n) is 5.23. The number of hydrogen-bond acceptors (Lipinski definition) is 2. The molecule has 1 heterocycles. The highest BCUT2D eigenvalue weighted by atomic mass is 35.5. The average Bonchev–Trinajstić information content (AvgIpc) is 2.72. The minimum Gasteiger partial charge on any atom is -0.412 e. The average molecular weight is 513 g/mol. The van der Waals surface area contributed by atoms with Crippen LogP contribution in [0, 0.1) is 24.2 Å². The van der Waals surface area contributed by atoms with E-state index >= 15 is 0 Å². The molecule has 7 N–H and O–H groups in total. The van der Waals surface area contributed by atoms with E-state index in [0.717, 1.165) is 25.9 Å². The Labute approximate surface area is 219 Å². The van der Waals surface area contributed by atoms with Crippen molar-refractivity contribution < 1.29 is 16.4 Å². The predicted molar refractivity (Wildman–Crippen MR) is 154 cm³/mol. The zero-order valence-electron chi connectivity index (χ0n) is 21.8. The van der Waals surface area contributed by atoms with Crippen molar-refractivity contribution in [3.05, 3.63) is 59.2 Å². The molecule has 1 aliphatic heterocycles. The van der Waals surface area contributed by atoms with Crippen LogP contribution >= 0.6 is 11.6 Å². The number of nitrogens with one attached hydrogen (secondary N) is 1. The second-order valence-electron chi connectivity index (χ2n) is 10.8. The number of benzene rings is 1. The Morgan fingerprint density at radius 2 is 1.77 bits per heavy atom. The summed E-state index contributed by atoms with van der Waals surface area (Å²) in [4.78, 5) is 2.70. The third-order valence-electron chi connectivity index (χ3n) is 7.22. The normalized spacial score (nSPS) is 22.1. The summed E-state index contributed by atoms with van der Waals surface area (Å²) in [7, 11) is 0. The van der Waals surface area contributed by atoms with Gasteiger partial charge in [-0.1, -0.05) is 83.2 Å². The minimum atomic E-state index is 0. The number of nitrogens with zero attached hydrogens (tertiary/aromatic N) is 1. The summed E-state index contributed by atoms with van der Waals surface area (Å²) in [6.07, 6.45) is 11.4. The Morgan fingerprint density at radius 1 is 1.11 bits per heavy atom. The lowest BCUT2D eigenvalue weighted by molar-refractivity contribution is 0.0632. The van der Waals surface area contributed by atoms with E-state index in [1.165, 1.54) is 42.6 Å². The number of aryl methyl sites for hydroxylation is 2. The zero-order valence-corrected chi connectivity index (χ0v) is 22.6. The smallest absolute Gasteiger partial charge is 0.0553 e. The van der Waals surface area contributed by atoms with Crippen molar-refractivity contribution in [2.45, 2.75) is 79.1 Å². The van der Waals surface area contributed by atoms with Crippen molar-refractivity contribution in [1.82, 2.24) is 10.2 Å². The molecule has 1 saturated heterocycles. The van der Waals surface area contributed by atoms with Crippen molar-refractivity contribution in [2.24, 2.45) is 17.3 Å². The van der Waals surface area contributed by atoms with Gasteiger partial charge in [0.2, 0.25) is 0 Å². The summed E-state index contributed by atoms with van der Waals surface area (Å²) >= 11 is 6.25. The summed E-state index contributed by atoms with van der Waals surface area (Å²) < 4.78 is 0. The van der Waals surface area contributed by atoms with Crippen molar-refractivity contribution in [2.75, 3.05) is 26.2 Å². The lowest BCUT2D eigenvalue weighted by Crippen LogP contribution is -2.52. The van der Waals surface area contributed by atoms with E-state index in [0.29, 0.717) is 23.3 Å². The van der Waals surface area contributed by atoms with Crippen LogP contribution in [0.4, 0.5) is 0 Å². The predicted octanol–water partition coefficient (Wildman–Crippen LogP) is 4.55. The molecular weight excluding hydrogens is 460 g/mol. The van der Waals surface area contributed by atoms with Crippen molar-refractivity contribution in [3.63, 3.8) is 0 Å². The maximum atomic E-state index is 6.25. The molecule has 0 spiro atoms. The SMILES string of the molecule is C.Cc1ccc(CCCN[C@@H](CN2CC[C@H](C3=CCC(Cl)C=C3)C(C)(C)C2)C(C)C)cc1.O.O.O. The third-order valence-corrected chi connectivity index (χ3v) is 7.54. The maximum absolute atomic E-state index is 6.25. The quantitative estimate of drug-likeness (QED) is 0.386. The number of rotatable bonds is 9. The van der Waals surface area contributed by atoms with Crippen molar-refractivity contribution in [3.8, 4) is 0 Å². The van der Waals surface area contributed by atoms with E-state index in [1.54, 1.807) is 0 Å². The van der Waals surface area contributed by atoms with Crippen LogP contribution in [0.15, 0.2) is 48.1 Å². The van der Waals surface area contributed by atoms with Gasteiger partial charge in [0.05, 0.1) is 5.38 Å². The largest absolute Gasteiger partial charge is 0.412 e. The first-order chi connectivity index (χ1) is 14.7. The Bertz CT molecular complexity index is 762. The molecule has 6 heteroatoms. The lowest BCUT2D eigenvalue weighted by Gasteiger charge is -2.46. The number of piperidine rings is 1. The minimum absolute atomic E-state index is 0. The van der Waals surface area contributed by atoms with E-state index in [4.69, 9.17) is 11.6 Å². The summed E-state index contributed by atoms with van der Waals surface area (Å²) in [5, 5.41) is 4.05. The van der Waals surface area contributed by atoms with Gasteiger partial charge in [-0.25, -0.2) is 0 Å². The van der Waals surface area contributed by atoms with Gasteiger partial charge in [-0.3, -0.25) is 0 Å². The lowest BCUT2D eigenvalue weighted by atomic mass is 9.69. The van der Waals surface area contributed by atoms with E-state index in [2.05, 4.69) is 87.3 Å². The van der Waals surface area contributed by atoms with E-state index in [-0.39, 0.29) is 29.2 Å². The number of halogens is 1.